The van der Waals surface area contributed by atoms with E-state index in [2.05, 4.69) is 23.8 Å². The Bertz CT molecular complexity index is 657. The van der Waals surface area contributed by atoms with Crippen molar-refractivity contribution in [2.24, 2.45) is 5.92 Å². The van der Waals surface area contributed by atoms with Crippen molar-refractivity contribution in [1.29, 1.82) is 0 Å². The van der Waals surface area contributed by atoms with Crippen LogP contribution in [0.1, 0.15) is 31.4 Å². The number of methoxy groups -OCH3 is 1. The van der Waals surface area contributed by atoms with Gasteiger partial charge in [-0.2, -0.15) is 0 Å². The zero-order chi connectivity index (χ0) is 16.8. The van der Waals surface area contributed by atoms with Crippen LogP contribution in [-0.2, 0) is 0 Å². The lowest BCUT2D eigenvalue weighted by Crippen LogP contribution is -2.32. The summed E-state index contributed by atoms with van der Waals surface area (Å²) in [6.45, 7) is 5.96. The van der Waals surface area contributed by atoms with Gasteiger partial charge in [-0.05, 0) is 55.6 Å². The average Bonchev–Trinajstić information content (AvgIpc) is 2.60. The van der Waals surface area contributed by atoms with E-state index >= 15 is 0 Å². The van der Waals surface area contributed by atoms with Crippen LogP contribution in [0.25, 0.3) is 10.9 Å². The van der Waals surface area contributed by atoms with Gasteiger partial charge in [0.25, 0.3) is 0 Å². The molecule has 1 heterocycles. The topological polar surface area (TPSA) is 54.4 Å². The number of fused-ring (bicyclic) bond motifs is 1. The molecule has 2 aromatic rings. The van der Waals surface area contributed by atoms with Crippen molar-refractivity contribution in [1.82, 2.24) is 10.3 Å². The van der Waals surface area contributed by atoms with E-state index in [1.54, 1.807) is 13.3 Å². The van der Waals surface area contributed by atoms with Crippen molar-refractivity contribution in [2.75, 3.05) is 14.2 Å². The molecule has 4 nitrogen and oxygen atoms in total. The maximum Gasteiger partial charge on any atom is 0.119 e. The summed E-state index contributed by atoms with van der Waals surface area (Å²) in [6, 6.07) is 7.59. The van der Waals surface area contributed by atoms with Crippen LogP contribution in [0.15, 0.2) is 43.1 Å². The summed E-state index contributed by atoms with van der Waals surface area (Å²) < 4.78 is 5.30. The van der Waals surface area contributed by atoms with Gasteiger partial charge in [-0.15, -0.1) is 6.58 Å². The quantitative estimate of drug-likeness (QED) is 0.733. The van der Waals surface area contributed by atoms with Crippen molar-refractivity contribution in [2.45, 2.75) is 31.9 Å². The van der Waals surface area contributed by atoms with Crippen molar-refractivity contribution in [3.05, 3.63) is 48.7 Å². The van der Waals surface area contributed by atoms with Gasteiger partial charge in [0.15, 0.2) is 0 Å². The minimum Gasteiger partial charge on any atom is -0.497 e. The number of rotatable bonds is 8. The number of aliphatic hydroxyl groups excluding tert-OH is 1. The smallest absolute Gasteiger partial charge is 0.119 e. The number of benzene rings is 1. The number of nitrogens with zero attached hydrogens (tertiary/aromatic N) is 1. The van der Waals surface area contributed by atoms with Gasteiger partial charge < -0.3 is 15.2 Å². The van der Waals surface area contributed by atoms with Gasteiger partial charge in [0.1, 0.15) is 5.75 Å². The molecule has 0 saturated carbocycles. The van der Waals surface area contributed by atoms with Crippen LogP contribution in [0.2, 0.25) is 0 Å². The van der Waals surface area contributed by atoms with Crippen molar-refractivity contribution < 1.29 is 9.84 Å². The minimum absolute atomic E-state index is 0.0193. The van der Waals surface area contributed by atoms with E-state index in [0.717, 1.165) is 35.1 Å². The fourth-order valence-electron chi connectivity index (χ4n) is 2.77. The summed E-state index contributed by atoms with van der Waals surface area (Å²) in [4.78, 5) is 4.37. The first kappa shape index (κ1) is 17.4. The lowest BCUT2D eigenvalue weighted by Gasteiger charge is -2.24. The van der Waals surface area contributed by atoms with Crippen molar-refractivity contribution >= 4 is 10.9 Å². The third kappa shape index (κ3) is 4.09. The minimum atomic E-state index is -0.602. The molecule has 0 amide bonds. The molecular weight excluding hydrogens is 288 g/mol. The Morgan fingerprint density at radius 3 is 2.78 bits per heavy atom. The number of hydrogen-bond acceptors (Lipinski definition) is 4. The summed E-state index contributed by atoms with van der Waals surface area (Å²) in [5.41, 5.74) is 1.73. The molecule has 0 unspecified atom stereocenters. The molecule has 124 valence electrons. The first-order valence-electron chi connectivity index (χ1n) is 8.01. The molecule has 4 heteroatoms. The van der Waals surface area contributed by atoms with Gasteiger partial charge in [-0.1, -0.05) is 13.0 Å². The lowest BCUT2D eigenvalue weighted by atomic mass is 9.93. The molecule has 3 atom stereocenters. The van der Waals surface area contributed by atoms with E-state index in [-0.39, 0.29) is 6.04 Å². The molecule has 0 saturated heterocycles. The molecule has 0 bridgehead atoms. The van der Waals surface area contributed by atoms with Gasteiger partial charge >= 0.3 is 0 Å². The SMILES string of the molecule is C=C[C@@H](C)CC[C@H](NC)[C@@H](O)c1ccnc2ccc(OC)cc12. The number of likely N-dealkylation sites (N-methyl/N-ethyl adjacent to an activating group) is 1. The fraction of sp³-hybridized carbons (Fsp3) is 0.421. The first-order valence-corrected chi connectivity index (χ1v) is 8.01. The molecule has 2 N–H and O–H groups in total. The number of ether oxygens (including phenoxy) is 1. The number of aliphatic hydroxyl groups is 1. The molecule has 0 aliphatic rings. The highest BCUT2D eigenvalue weighted by atomic mass is 16.5. The van der Waals surface area contributed by atoms with E-state index in [9.17, 15) is 5.11 Å². The highest BCUT2D eigenvalue weighted by Crippen LogP contribution is 2.29. The fourth-order valence-corrected chi connectivity index (χ4v) is 2.77. The largest absolute Gasteiger partial charge is 0.497 e. The standard InChI is InChI=1S/C19H26N2O2/c1-5-13(2)6-8-18(20-3)19(22)15-10-11-21-17-9-7-14(23-4)12-16(15)17/h5,7,9-13,18-20,22H,1,6,8H2,2-4H3/t13-,18+,19+/m1/s1. The van der Waals surface area contributed by atoms with Crippen LogP contribution in [0.4, 0.5) is 0 Å². The van der Waals surface area contributed by atoms with Gasteiger partial charge in [0, 0.05) is 17.6 Å². The average molecular weight is 314 g/mol. The predicted octanol–water partition coefficient (Wildman–Crippen LogP) is 3.47. The molecular formula is C19H26N2O2. The van der Waals surface area contributed by atoms with Gasteiger partial charge in [-0.25, -0.2) is 0 Å². The van der Waals surface area contributed by atoms with Crippen molar-refractivity contribution in [3.8, 4) is 5.75 Å². The summed E-state index contributed by atoms with van der Waals surface area (Å²) in [5, 5.41) is 15.0. The lowest BCUT2D eigenvalue weighted by molar-refractivity contribution is 0.126. The van der Waals surface area contributed by atoms with E-state index in [1.165, 1.54) is 0 Å². The second kappa shape index (κ2) is 8.09. The zero-order valence-electron chi connectivity index (χ0n) is 14.1. The van der Waals surface area contributed by atoms with E-state index in [0.29, 0.717) is 5.92 Å². The highest BCUT2D eigenvalue weighted by Gasteiger charge is 2.22. The summed E-state index contributed by atoms with van der Waals surface area (Å²) in [7, 11) is 3.52. The van der Waals surface area contributed by atoms with Crippen molar-refractivity contribution in [3.63, 3.8) is 0 Å². The molecule has 1 aromatic heterocycles. The van der Waals surface area contributed by atoms with E-state index in [1.807, 2.05) is 37.4 Å². The Kier molecular flexibility index (Phi) is 6.13. The van der Waals surface area contributed by atoms with Crippen LogP contribution in [0, 0.1) is 5.92 Å². The Balaban J connectivity index is 2.31. The summed E-state index contributed by atoms with van der Waals surface area (Å²) >= 11 is 0. The summed E-state index contributed by atoms with van der Waals surface area (Å²) in [5.74, 6) is 1.20. The Morgan fingerprint density at radius 2 is 2.13 bits per heavy atom. The second-order valence-corrected chi connectivity index (χ2v) is 5.91. The molecule has 2 rings (SSSR count). The molecule has 0 fully saturated rings. The monoisotopic (exact) mass is 314 g/mol. The number of hydrogen-bond donors (Lipinski definition) is 2. The van der Waals surface area contributed by atoms with Crippen LogP contribution in [0.5, 0.6) is 5.75 Å². The maximum absolute atomic E-state index is 10.9. The Labute approximate surface area is 138 Å². The molecule has 23 heavy (non-hydrogen) atoms. The first-order chi connectivity index (χ1) is 11.1. The van der Waals surface area contributed by atoms with Crippen LogP contribution < -0.4 is 10.1 Å². The zero-order valence-corrected chi connectivity index (χ0v) is 14.1. The number of aromatic nitrogens is 1. The number of nitrogens with one attached hydrogen (secondary N) is 1. The van der Waals surface area contributed by atoms with Gasteiger partial charge in [0.2, 0.25) is 0 Å². The molecule has 0 aliphatic carbocycles. The third-order valence-electron chi connectivity index (χ3n) is 4.39. The molecule has 0 aliphatic heterocycles. The Morgan fingerprint density at radius 1 is 1.35 bits per heavy atom. The number of allylic oxidation sites excluding steroid dienone is 1. The molecule has 1 aromatic carbocycles. The van der Waals surface area contributed by atoms with Crippen LogP contribution >= 0.6 is 0 Å². The number of pyridine rings is 1. The second-order valence-electron chi connectivity index (χ2n) is 5.91. The summed E-state index contributed by atoms with van der Waals surface area (Å²) in [6.07, 6.45) is 4.95. The van der Waals surface area contributed by atoms with Gasteiger partial charge in [0.05, 0.1) is 18.7 Å². The predicted molar refractivity (Wildman–Crippen MR) is 94.7 cm³/mol. The molecule has 0 radical (unpaired) electrons. The Hall–Kier alpha value is -1.91. The molecule has 0 spiro atoms. The van der Waals surface area contributed by atoms with Crippen LogP contribution in [0.3, 0.4) is 0 Å². The maximum atomic E-state index is 10.9. The normalized spacial score (nSPS) is 15.1. The highest BCUT2D eigenvalue weighted by molar-refractivity contribution is 5.83. The van der Waals surface area contributed by atoms with E-state index < -0.39 is 6.10 Å². The van der Waals surface area contributed by atoms with Crippen LogP contribution in [-0.4, -0.2) is 30.3 Å². The van der Waals surface area contributed by atoms with Gasteiger partial charge in [-0.3, -0.25) is 4.98 Å². The third-order valence-corrected chi connectivity index (χ3v) is 4.39. The van der Waals surface area contributed by atoms with E-state index in [4.69, 9.17) is 4.74 Å².